The van der Waals surface area contributed by atoms with Gasteiger partial charge in [-0.1, -0.05) is 13.8 Å². The van der Waals surface area contributed by atoms with E-state index in [1.807, 2.05) is 27.7 Å². The standard InChI is InChI=1S/C11H25NO3/c1-8(2)11(12)10(7-13)15-6-5-14-9(3)4/h8-11,13H,5-7,12H2,1-4H3. The number of aliphatic hydroxyl groups is 1. The lowest BCUT2D eigenvalue weighted by molar-refractivity contribution is -0.0454. The maximum Gasteiger partial charge on any atom is 0.0959 e. The Morgan fingerprint density at radius 2 is 1.60 bits per heavy atom. The van der Waals surface area contributed by atoms with Gasteiger partial charge in [0.15, 0.2) is 0 Å². The van der Waals surface area contributed by atoms with Gasteiger partial charge in [0.05, 0.1) is 32.0 Å². The zero-order valence-electron chi connectivity index (χ0n) is 10.3. The molecule has 0 radical (unpaired) electrons. The molecule has 0 fully saturated rings. The molecule has 15 heavy (non-hydrogen) atoms. The van der Waals surface area contributed by atoms with E-state index in [0.717, 1.165) is 0 Å². The second kappa shape index (κ2) is 8.05. The number of nitrogens with two attached hydrogens (primary N) is 1. The Bertz CT molecular complexity index is 151. The fourth-order valence-electron chi connectivity index (χ4n) is 1.20. The summed E-state index contributed by atoms with van der Waals surface area (Å²) in [6, 6.07) is -0.131. The highest BCUT2D eigenvalue weighted by atomic mass is 16.5. The lowest BCUT2D eigenvalue weighted by Gasteiger charge is -2.25. The second-order valence-corrected chi connectivity index (χ2v) is 4.33. The van der Waals surface area contributed by atoms with E-state index in [2.05, 4.69) is 0 Å². The molecule has 2 atom stereocenters. The van der Waals surface area contributed by atoms with Crippen LogP contribution in [0.4, 0.5) is 0 Å². The van der Waals surface area contributed by atoms with Crippen LogP contribution in [0.1, 0.15) is 27.7 Å². The summed E-state index contributed by atoms with van der Waals surface area (Å²) in [4.78, 5) is 0. The molecule has 0 heterocycles. The van der Waals surface area contributed by atoms with Crippen molar-refractivity contribution < 1.29 is 14.6 Å². The normalized spacial score (nSPS) is 16.0. The zero-order valence-corrected chi connectivity index (χ0v) is 10.3. The Balaban J connectivity index is 3.70. The third-order valence-corrected chi connectivity index (χ3v) is 2.25. The SMILES string of the molecule is CC(C)OCCOC(CO)C(N)C(C)C. The quantitative estimate of drug-likeness (QED) is 0.592. The molecule has 0 aromatic heterocycles. The summed E-state index contributed by atoms with van der Waals surface area (Å²) in [5.74, 6) is 0.299. The summed E-state index contributed by atoms with van der Waals surface area (Å²) in [5.41, 5.74) is 5.89. The number of aliphatic hydroxyl groups excluding tert-OH is 1. The molecule has 0 aromatic carbocycles. The van der Waals surface area contributed by atoms with Crippen molar-refractivity contribution in [3.8, 4) is 0 Å². The van der Waals surface area contributed by atoms with Gasteiger partial charge in [-0.25, -0.2) is 0 Å². The largest absolute Gasteiger partial charge is 0.394 e. The number of hydrogen-bond donors (Lipinski definition) is 2. The molecule has 0 saturated heterocycles. The van der Waals surface area contributed by atoms with Gasteiger partial charge < -0.3 is 20.3 Å². The van der Waals surface area contributed by atoms with Crippen LogP contribution in [-0.4, -0.2) is 43.2 Å². The van der Waals surface area contributed by atoms with Crippen LogP contribution in [0.15, 0.2) is 0 Å². The first kappa shape index (κ1) is 14.8. The zero-order chi connectivity index (χ0) is 11.8. The fraction of sp³-hybridized carbons (Fsp3) is 1.00. The average Bonchev–Trinajstić information content (AvgIpc) is 2.16. The molecule has 0 saturated carbocycles. The molecule has 4 nitrogen and oxygen atoms in total. The van der Waals surface area contributed by atoms with Crippen molar-refractivity contribution in [2.24, 2.45) is 11.7 Å². The first-order valence-corrected chi connectivity index (χ1v) is 5.58. The Morgan fingerprint density at radius 3 is 2.00 bits per heavy atom. The first-order valence-electron chi connectivity index (χ1n) is 5.58. The third-order valence-electron chi connectivity index (χ3n) is 2.25. The van der Waals surface area contributed by atoms with Crippen LogP contribution in [0.3, 0.4) is 0 Å². The predicted molar refractivity (Wildman–Crippen MR) is 60.7 cm³/mol. The molecule has 92 valence electrons. The maximum absolute atomic E-state index is 9.11. The van der Waals surface area contributed by atoms with Gasteiger partial charge in [0, 0.05) is 6.04 Å². The molecule has 3 N–H and O–H groups in total. The van der Waals surface area contributed by atoms with Crippen molar-refractivity contribution >= 4 is 0 Å². The molecule has 0 aliphatic rings. The topological polar surface area (TPSA) is 64.7 Å². The van der Waals surface area contributed by atoms with Crippen LogP contribution in [-0.2, 0) is 9.47 Å². The highest BCUT2D eigenvalue weighted by Crippen LogP contribution is 2.07. The Morgan fingerprint density at radius 1 is 1.07 bits per heavy atom. The molecule has 0 rings (SSSR count). The van der Waals surface area contributed by atoms with Crippen molar-refractivity contribution in [2.45, 2.75) is 45.9 Å². The molecule has 0 aliphatic heterocycles. The van der Waals surface area contributed by atoms with Gasteiger partial charge >= 0.3 is 0 Å². The number of hydrogen-bond acceptors (Lipinski definition) is 4. The fourth-order valence-corrected chi connectivity index (χ4v) is 1.20. The minimum absolute atomic E-state index is 0.0406. The van der Waals surface area contributed by atoms with Crippen LogP contribution in [0.2, 0.25) is 0 Å². The molecular weight excluding hydrogens is 194 g/mol. The van der Waals surface area contributed by atoms with Crippen molar-refractivity contribution in [1.29, 1.82) is 0 Å². The molecule has 0 bridgehead atoms. The summed E-state index contributed by atoms with van der Waals surface area (Å²) in [6.45, 7) is 8.96. The summed E-state index contributed by atoms with van der Waals surface area (Å²) in [5, 5.41) is 9.11. The monoisotopic (exact) mass is 219 g/mol. The van der Waals surface area contributed by atoms with Crippen molar-refractivity contribution in [3.63, 3.8) is 0 Å². The van der Waals surface area contributed by atoms with Crippen LogP contribution >= 0.6 is 0 Å². The maximum atomic E-state index is 9.11. The molecule has 2 unspecified atom stereocenters. The van der Waals surface area contributed by atoms with Crippen LogP contribution in [0, 0.1) is 5.92 Å². The Kier molecular flexibility index (Phi) is 7.96. The average molecular weight is 219 g/mol. The lowest BCUT2D eigenvalue weighted by atomic mass is 10.0. The summed E-state index contributed by atoms with van der Waals surface area (Å²) < 4.78 is 10.8. The van der Waals surface area contributed by atoms with Crippen molar-refractivity contribution in [1.82, 2.24) is 0 Å². The van der Waals surface area contributed by atoms with E-state index in [1.165, 1.54) is 0 Å². The molecule has 0 aromatic rings. The minimum atomic E-state index is -0.291. The first-order chi connectivity index (χ1) is 6.99. The molecule has 0 spiro atoms. The number of rotatable bonds is 8. The molecule has 0 amide bonds. The molecule has 0 aliphatic carbocycles. The molecular formula is C11H25NO3. The van der Waals surface area contributed by atoms with E-state index in [4.69, 9.17) is 20.3 Å². The van der Waals surface area contributed by atoms with E-state index in [-0.39, 0.29) is 24.9 Å². The summed E-state index contributed by atoms with van der Waals surface area (Å²) in [7, 11) is 0. The summed E-state index contributed by atoms with van der Waals surface area (Å²) in [6.07, 6.45) is -0.0827. The van der Waals surface area contributed by atoms with Gasteiger partial charge in [-0.15, -0.1) is 0 Å². The number of ether oxygens (including phenoxy) is 2. The van der Waals surface area contributed by atoms with Crippen molar-refractivity contribution in [3.05, 3.63) is 0 Å². The van der Waals surface area contributed by atoms with E-state index < -0.39 is 0 Å². The van der Waals surface area contributed by atoms with Crippen molar-refractivity contribution in [2.75, 3.05) is 19.8 Å². The smallest absolute Gasteiger partial charge is 0.0959 e. The van der Waals surface area contributed by atoms with Crippen LogP contribution < -0.4 is 5.73 Å². The third kappa shape index (κ3) is 6.84. The van der Waals surface area contributed by atoms with E-state index in [1.54, 1.807) is 0 Å². The Labute approximate surface area is 92.7 Å². The van der Waals surface area contributed by atoms with Gasteiger partial charge in [-0.2, -0.15) is 0 Å². The minimum Gasteiger partial charge on any atom is -0.394 e. The predicted octanol–water partition coefficient (Wildman–Crippen LogP) is 0.772. The van der Waals surface area contributed by atoms with Crippen LogP contribution in [0.25, 0.3) is 0 Å². The Hall–Kier alpha value is -0.160. The lowest BCUT2D eigenvalue weighted by Crippen LogP contribution is -2.43. The van der Waals surface area contributed by atoms with E-state index in [9.17, 15) is 0 Å². The molecule has 4 heteroatoms. The van der Waals surface area contributed by atoms with Gasteiger partial charge in [-0.05, 0) is 19.8 Å². The second-order valence-electron chi connectivity index (χ2n) is 4.33. The van der Waals surface area contributed by atoms with Gasteiger partial charge in [-0.3, -0.25) is 0 Å². The highest BCUT2D eigenvalue weighted by molar-refractivity contribution is 4.75. The highest BCUT2D eigenvalue weighted by Gasteiger charge is 2.20. The summed E-state index contributed by atoms with van der Waals surface area (Å²) >= 11 is 0. The van der Waals surface area contributed by atoms with E-state index >= 15 is 0 Å². The van der Waals surface area contributed by atoms with Crippen LogP contribution in [0.5, 0.6) is 0 Å². The van der Waals surface area contributed by atoms with Gasteiger partial charge in [0.1, 0.15) is 0 Å². The van der Waals surface area contributed by atoms with Gasteiger partial charge in [0.2, 0.25) is 0 Å². The van der Waals surface area contributed by atoms with E-state index in [0.29, 0.717) is 19.1 Å². The van der Waals surface area contributed by atoms with Gasteiger partial charge in [0.25, 0.3) is 0 Å².